The van der Waals surface area contributed by atoms with Gasteiger partial charge in [-0.15, -0.1) is 0 Å². The lowest BCUT2D eigenvalue weighted by Gasteiger charge is -1.97. The lowest BCUT2D eigenvalue weighted by Crippen LogP contribution is -2.00. The van der Waals surface area contributed by atoms with E-state index in [1.165, 1.54) is 18.2 Å². The molecule has 0 saturated heterocycles. The van der Waals surface area contributed by atoms with E-state index in [-0.39, 0.29) is 11.6 Å². The molecule has 0 unspecified atom stereocenters. The van der Waals surface area contributed by atoms with Crippen molar-refractivity contribution in [2.45, 2.75) is 13.1 Å². The smallest absolute Gasteiger partial charge is 0.155 e. The molecule has 0 N–H and O–H groups in total. The van der Waals surface area contributed by atoms with Gasteiger partial charge in [0, 0.05) is 5.56 Å². The van der Waals surface area contributed by atoms with Crippen molar-refractivity contribution in [3.63, 3.8) is 0 Å². The Morgan fingerprint density at radius 1 is 1.58 bits per heavy atom. The van der Waals surface area contributed by atoms with Crippen molar-refractivity contribution in [1.29, 1.82) is 0 Å². The van der Waals surface area contributed by atoms with Gasteiger partial charge in [-0.1, -0.05) is 19.0 Å². The van der Waals surface area contributed by atoms with Crippen molar-refractivity contribution in [3.8, 4) is 0 Å². The van der Waals surface area contributed by atoms with Gasteiger partial charge >= 0.3 is 0 Å². The predicted octanol–water partition coefficient (Wildman–Crippen LogP) is 2.18. The first kappa shape index (κ1) is 8.98. The van der Waals surface area contributed by atoms with Gasteiger partial charge in [-0.05, 0) is 18.5 Å². The summed E-state index contributed by atoms with van der Waals surface area (Å²) < 4.78 is 12.6. The van der Waals surface area contributed by atoms with E-state index in [1.807, 2.05) is 0 Å². The standard InChI is InChI=1S/C9H9BFO/c1-10-6-9(12)7-3-2-4-8(11)5-7/h2-5H,6H2,1H3. The van der Waals surface area contributed by atoms with Crippen LogP contribution in [0.4, 0.5) is 4.39 Å². The molecule has 0 fully saturated rings. The number of benzene rings is 1. The van der Waals surface area contributed by atoms with Gasteiger partial charge in [-0.3, -0.25) is 4.79 Å². The number of rotatable bonds is 3. The second-order valence-corrected chi connectivity index (χ2v) is 2.55. The number of ketones is 1. The maximum atomic E-state index is 12.6. The van der Waals surface area contributed by atoms with E-state index in [0.717, 1.165) is 0 Å². The van der Waals surface area contributed by atoms with E-state index < -0.39 is 0 Å². The summed E-state index contributed by atoms with van der Waals surface area (Å²) in [6.45, 7) is 1.80. The molecule has 61 valence electrons. The molecule has 0 heterocycles. The molecule has 12 heavy (non-hydrogen) atoms. The second-order valence-electron chi connectivity index (χ2n) is 2.55. The fourth-order valence-corrected chi connectivity index (χ4v) is 0.965. The highest BCUT2D eigenvalue weighted by Gasteiger charge is 2.04. The van der Waals surface area contributed by atoms with E-state index in [0.29, 0.717) is 11.9 Å². The third-order valence-electron chi connectivity index (χ3n) is 1.54. The molecule has 1 aromatic carbocycles. The molecule has 0 amide bonds. The number of hydrogen-bond donors (Lipinski definition) is 0. The Bertz CT molecular complexity index is 286. The van der Waals surface area contributed by atoms with Gasteiger partial charge < -0.3 is 0 Å². The number of hydrogen-bond acceptors (Lipinski definition) is 1. The first-order valence-corrected chi connectivity index (χ1v) is 3.80. The van der Waals surface area contributed by atoms with E-state index in [9.17, 15) is 9.18 Å². The van der Waals surface area contributed by atoms with Gasteiger partial charge in [0.1, 0.15) is 13.1 Å². The zero-order valence-electron chi connectivity index (χ0n) is 6.88. The molecular weight excluding hydrogens is 154 g/mol. The molecule has 0 atom stereocenters. The molecule has 0 aliphatic rings. The minimum atomic E-state index is -0.364. The molecule has 0 bridgehead atoms. The first-order chi connectivity index (χ1) is 5.74. The highest BCUT2D eigenvalue weighted by molar-refractivity contribution is 6.41. The summed E-state index contributed by atoms with van der Waals surface area (Å²) in [7, 11) is 1.76. The van der Waals surface area contributed by atoms with Crippen molar-refractivity contribution < 1.29 is 9.18 Å². The van der Waals surface area contributed by atoms with Crippen LogP contribution in [0.25, 0.3) is 0 Å². The number of carbonyl (C=O) groups is 1. The predicted molar refractivity (Wildman–Crippen MR) is 47.2 cm³/mol. The number of carbonyl (C=O) groups excluding carboxylic acids is 1. The van der Waals surface area contributed by atoms with Crippen LogP contribution < -0.4 is 0 Å². The molecule has 0 aliphatic carbocycles. The fourth-order valence-electron chi connectivity index (χ4n) is 0.965. The summed E-state index contributed by atoms with van der Waals surface area (Å²) in [5.74, 6) is -0.408. The largest absolute Gasteiger partial charge is 0.295 e. The Kier molecular flexibility index (Phi) is 3.03. The molecule has 0 spiro atoms. The third-order valence-corrected chi connectivity index (χ3v) is 1.54. The van der Waals surface area contributed by atoms with Gasteiger partial charge in [-0.25, -0.2) is 4.39 Å². The Labute approximate surface area is 71.8 Å². The van der Waals surface area contributed by atoms with Crippen LogP contribution in [-0.4, -0.2) is 13.1 Å². The van der Waals surface area contributed by atoms with Crippen LogP contribution in [0.2, 0.25) is 13.1 Å². The summed E-state index contributed by atoms with van der Waals surface area (Å²) in [6, 6.07) is 5.74. The summed E-state index contributed by atoms with van der Waals surface area (Å²) >= 11 is 0. The molecule has 1 nitrogen and oxygen atoms in total. The minimum Gasteiger partial charge on any atom is -0.295 e. The van der Waals surface area contributed by atoms with Crippen LogP contribution in [0.5, 0.6) is 0 Å². The van der Waals surface area contributed by atoms with Crippen molar-refractivity contribution in [2.75, 3.05) is 0 Å². The highest BCUT2D eigenvalue weighted by atomic mass is 19.1. The molecule has 0 aromatic heterocycles. The van der Waals surface area contributed by atoms with E-state index in [4.69, 9.17) is 0 Å². The Hall–Kier alpha value is -1.12. The molecule has 0 saturated carbocycles. The molecule has 1 radical (unpaired) electrons. The lowest BCUT2D eigenvalue weighted by atomic mass is 9.75. The summed E-state index contributed by atoms with van der Waals surface area (Å²) in [6.07, 6.45) is 0.365. The van der Waals surface area contributed by atoms with Crippen LogP contribution in [0, 0.1) is 5.82 Å². The average molecular weight is 163 g/mol. The highest BCUT2D eigenvalue weighted by Crippen LogP contribution is 2.06. The first-order valence-electron chi connectivity index (χ1n) is 3.80. The topological polar surface area (TPSA) is 17.1 Å². The molecule has 1 rings (SSSR count). The van der Waals surface area contributed by atoms with Crippen LogP contribution in [0.15, 0.2) is 24.3 Å². The Morgan fingerprint density at radius 3 is 2.92 bits per heavy atom. The Balaban J connectivity index is 2.81. The maximum absolute atomic E-state index is 12.6. The summed E-state index contributed by atoms with van der Waals surface area (Å²) in [4.78, 5) is 11.2. The third kappa shape index (κ3) is 2.19. The summed E-state index contributed by atoms with van der Waals surface area (Å²) in [5, 5.41) is 0. The maximum Gasteiger partial charge on any atom is 0.155 e. The van der Waals surface area contributed by atoms with Crippen LogP contribution in [0.1, 0.15) is 10.4 Å². The number of Topliss-reactive ketones (excluding diaryl/α,β-unsaturated/α-hetero) is 1. The van der Waals surface area contributed by atoms with Gasteiger partial charge in [0.25, 0.3) is 0 Å². The van der Waals surface area contributed by atoms with Crippen LogP contribution >= 0.6 is 0 Å². The van der Waals surface area contributed by atoms with Crippen molar-refractivity contribution in [3.05, 3.63) is 35.6 Å². The molecular formula is C9H9BFO. The summed E-state index contributed by atoms with van der Waals surface area (Å²) in [5.41, 5.74) is 0.438. The van der Waals surface area contributed by atoms with E-state index in [2.05, 4.69) is 0 Å². The molecule has 3 heteroatoms. The quantitative estimate of drug-likeness (QED) is 0.492. The average Bonchev–Trinajstić information content (AvgIpc) is 2.05. The van der Waals surface area contributed by atoms with Gasteiger partial charge in [0.2, 0.25) is 0 Å². The van der Waals surface area contributed by atoms with Crippen molar-refractivity contribution in [2.24, 2.45) is 0 Å². The van der Waals surface area contributed by atoms with Gasteiger partial charge in [0.15, 0.2) is 5.78 Å². The van der Waals surface area contributed by atoms with E-state index >= 15 is 0 Å². The fraction of sp³-hybridized carbons (Fsp3) is 0.222. The second kappa shape index (κ2) is 4.05. The van der Waals surface area contributed by atoms with E-state index in [1.54, 1.807) is 20.2 Å². The van der Waals surface area contributed by atoms with Crippen molar-refractivity contribution in [1.82, 2.24) is 0 Å². The lowest BCUT2D eigenvalue weighted by molar-refractivity contribution is 0.101. The van der Waals surface area contributed by atoms with Gasteiger partial charge in [0.05, 0.1) is 0 Å². The normalized spacial score (nSPS) is 9.50. The van der Waals surface area contributed by atoms with Crippen LogP contribution in [-0.2, 0) is 0 Å². The zero-order valence-corrected chi connectivity index (χ0v) is 6.88. The zero-order chi connectivity index (χ0) is 8.97. The SMILES string of the molecule is C[B]CC(=O)c1cccc(F)c1. The number of halogens is 1. The van der Waals surface area contributed by atoms with Crippen molar-refractivity contribution >= 4 is 13.1 Å². The molecule has 0 aliphatic heterocycles. The van der Waals surface area contributed by atoms with Gasteiger partial charge in [-0.2, -0.15) is 0 Å². The molecule has 1 aromatic rings. The Morgan fingerprint density at radius 2 is 2.33 bits per heavy atom. The minimum absolute atomic E-state index is 0.0444. The monoisotopic (exact) mass is 163 g/mol. The van der Waals surface area contributed by atoms with Crippen LogP contribution in [0.3, 0.4) is 0 Å².